The fourth-order valence-electron chi connectivity index (χ4n) is 2.09. The second-order valence-corrected chi connectivity index (χ2v) is 4.77. The highest BCUT2D eigenvalue weighted by Gasteiger charge is 2.00. The standard InChI is InChI=1S/C17H13BN2O/c18-14-4-1-12(2-5-14)3-8-17(21)20-15-6-7-16-13(11-15)9-10-19-16/h1-11,19H,(H,20,21)/b8-3+. The Morgan fingerprint density at radius 1 is 1.10 bits per heavy atom. The summed E-state index contributed by atoms with van der Waals surface area (Å²) in [5.41, 5.74) is 3.45. The zero-order chi connectivity index (χ0) is 14.7. The average molecular weight is 272 g/mol. The van der Waals surface area contributed by atoms with Gasteiger partial charge in [-0.2, -0.15) is 0 Å². The van der Waals surface area contributed by atoms with Crippen LogP contribution in [0.5, 0.6) is 0 Å². The molecule has 0 aliphatic heterocycles. The Morgan fingerprint density at radius 2 is 1.90 bits per heavy atom. The molecule has 2 aromatic carbocycles. The van der Waals surface area contributed by atoms with E-state index in [-0.39, 0.29) is 5.91 Å². The zero-order valence-corrected chi connectivity index (χ0v) is 11.3. The lowest BCUT2D eigenvalue weighted by molar-refractivity contribution is -0.111. The molecule has 0 unspecified atom stereocenters. The number of anilines is 1. The lowest BCUT2D eigenvalue weighted by Gasteiger charge is -2.02. The zero-order valence-electron chi connectivity index (χ0n) is 11.3. The second-order valence-electron chi connectivity index (χ2n) is 4.77. The minimum Gasteiger partial charge on any atom is -0.361 e. The minimum absolute atomic E-state index is 0.165. The maximum absolute atomic E-state index is 11.9. The Bertz CT molecular complexity index is 803. The summed E-state index contributed by atoms with van der Waals surface area (Å²) in [6.45, 7) is 0. The fraction of sp³-hybridized carbons (Fsp3) is 0. The third-order valence-corrected chi connectivity index (χ3v) is 3.18. The molecule has 1 amide bonds. The number of nitrogens with one attached hydrogen (secondary N) is 2. The molecule has 0 aliphatic carbocycles. The first kappa shape index (κ1) is 13.2. The van der Waals surface area contributed by atoms with E-state index in [0.29, 0.717) is 5.46 Å². The molecule has 0 atom stereocenters. The van der Waals surface area contributed by atoms with Gasteiger partial charge in [0.2, 0.25) is 5.91 Å². The molecule has 1 heterocycles. The molecule has 3 aromatic rings. The first-order chi connectivity index (χ1) is 10.2. The Hall–Kier alpha value is -2.75. The predicted molar refractivity (Wildman–Crippen MR) is 87.8 cm³/mol. The van der Waals surface area contributed by atoms with E-state index >= 15 is 0 Å². The van der Waals surface area contributed by atoms with E-state index in [0.717, 1.165) is 22.2 Å². The van der Waals surface area contributed by atoms with E-state index in [9.17, 15) is 4.79 Å². The number of carbonyl (C=O) groups excluding carboxylic acids is 1. The van der Waals surface area contributed by atoms with Crippen molar-refractivity contribution < 1.29 is 4.79 Å². The van der Waals surface area contributed by atoms with Crippen LogP contribution in [0.2, 0.25) is 0 Å². The molecule has 3 nitrogen and oxygen atoms in total. The van der Waals surface area contributed by atoms with Crippen LogP contribution >= 0.6 is 0 Å². The molecular weight excluding hydrogens is 259 g/mol. The highest BCUT2D eigenvalue weighted by atomic mass is 16.1. The van der Waals surface area contributed by atoms with E-state index in [1.165, 1.54) is 6.08 Å². The number of amides is 1. The minimum atomic E-state index is -0.165. The number of hydrogen-bond donors (Lipinski definition) is 2. The van der Waals surface area contributed by atoms with Crippen LogP contribution in [0.4, 0.5) is 5.69 Å². The fourth-order valence-corrected chi connectivity index (χ4v) is 2.09. The van der Waals surface area contributed by atoms with Crippen LogP contribution in [0.1, 0.15) is 5.56 Å². The van der Waals surface area contributed by atoms with Crippen molar-refractivity contribution in [2.45, 2.75) is 0 Å². The van der Waals surface area contributed by atoms with Crippen LogP contribution in [0.3, 0.4) is 0 Å². The molecular formula is C17H13BN2O. The van der Waals surface area contributed by atoms with E-state index in [1.807, 2.05) is 42.6 Å². The van der Waals surface area contributed by atoms with Crippen molar-refractivity contribution in [3.05, 3.63) is 66.4 Å². The van der Waals surface area contributed by atoms with E-state index in [4.69, 9.17) is 7.85 Å². The third kappa shape index (κ3) is 3.23. The molecule has 3 rings (SSSR count). The molecule has 0 aliphatic rings. The van der Waals surface area contributed by atoms with Crippen LogP contribution in [-0.4, -0.2) is 18.7 Å². The number of aromatic amines is 1. The monoisotopic (exact) mass is 272 g/mol. The topological polar surface area (TPSA) is 44.9 Å². The maximum Gasteiger partial charge on any atom is 0.248 e. The number of rotatable bonds is 3. The van der Waals surface area contributed by atoms with Crippen molar-refractivity contribution in [2.75, 3.05) is 5.32 Å². The lowest BCUT2D eigenvalue weighted by Crippen LogP contribution is -2.07. The second kappa shape index (κ2) is 5.71. The Labute approximate surface area is 124 Å². The van der Waals surface area contributed by atoms with Gasteiger partial charge in [-0.25, -0.2) is 0 Å². The first-order valence-corrected chi connectivity index (χ1v) is 6.62. The number of H-pyrrole nitrogens is 1. The Kier molecular flexibility index (Phi) is 3.60. The van der Waals surface area contributed by atoms with Gasteiger partial charge in [0.15, 0.2) is 0 Å². The van der Waals surface area contributed by atoms with Crippen molar-refractivity contribution in [1.82, 2.24) is 4.98 Å². The highest BCUT2D eigenvalue weighted by Crippen LogP contribution is 2.17. The van der Waals surface area contributed by atoms with E-state index in [1.54, 1.807) is 18.2 Å². The number of carbonyl (C=O) groups is 1. The Balaban J connectivity index is 1.69. The van der Waals surface area contributed by atoms with Gasteiger partial charge in [0.25, 0.3) is 0 Å². The average Bonchev–Trinajstić information content (AvgIpc) is 2.94. The molecule has 21 heavy (non-hydrogen) atoms. The molecule has 0 fully saturated rings. The van der Waals surface area contributed by atoms with Crippen molar-refractivity contribution in [3.8, 4) is 0 Å². The van der Waals surface area contributed by atoms with Gasteiger partial charge < -0.3 is 10.3 Å². The summed E-state index contributed by atoms with van der Waals surface area (Å²) in [7, 11) is 5.62. The van der Waals surface area contributed by atoms with Crippen LogP contribution in [0.25, 0.3) is 17.0 Å². The van der Waals surface area contributed by atoms with Gasteiger partial charge in [0.1, 0.15) is 7.85 Å². The van der Waals surface area contributed by atoms with Gasteiger partial charge in [0, 0.05) is 28.9 Å². The molecule has 2 N–H and O–H groups in total. The summed E-state index contributed by atoms with van der Waals surface area (Å²) in [5.74, 6) is -0.165. The summed E-state index contributed by atoms with van der Waals surface area (Å²) in [5, 5.41) is 3.91. The van der Waals surface area contributed by atoms with Crippen molar-refractivity contribution >= 4 is 41.9 Å². The molecule has 0 spiro atoms. The van der Waals surface area contributed by atoms with Gasteiger partial charge >= 0.3 is 0 Å². The summed E-state index contributed by atoms with van der Waals surface area (Å²) in [6.07, 6.45) is 5.13. The van der Waals surface area contributed by atoms with Gasteiger partial charge in [-0.15, -0.1) is 0 Å². The predicted octanol–water partition coefficient (Wildman–Crippen LogP) is 2.61. The van der Waals surface area contributed by atoms with Crippen molar-refractivity contribution in [1.29, 1.82) is 0 Å². The number of aromatic nitrogens is 1. The van der Waals surface area contributed by atoms with Gasteiger partial charge in [-0.05, 0) is 35.9 Å². The molecule has 1 aromatic heterocycles. The van der Waals surface area contributed by atoms with Gasteiger partial charge in [0.05, 0.1) is 0 Å². The van der Waals surface area contributed by atoms with Gasteiger partial charge in [-0.3, -0.25) is 4.79 Å². The van der Waals surface area contributed by atoms with Gasteiger partial charge in [-0.1, -0.05) is 29.7 Å². The molecule has 4 heteroatoms. The normalized spacial score (nSPS) is 11.0. The SMILES string of the molecule is [B]c1ccc(/C=C/C(=O)Nc2ccc3[nH]ccc3c2)cc1. The van der Waals surface area contributed by atoms with Crippen LogP contribution < -0.4 is 10.8 Å². The summed E-state index contributed by atoms with van der Waals surface area (Å²) in [4.78, 5) is 15.0. The first-order valence-electron chi connectivity index (χ1n) is 6.62. The summed E-state index contributed by atoms with van der Waals surface area (Å²) in [6, 6.07) is 15.0. The van der Waals surface area contributed by atoms with E-state index in [2.05, 4.69) is 10.3 Å². The maximum atomic E-state index is 11.9. The van der Waals surface area contributed by atoms with Crippen molar-refractivity contribution in [3.63, 3.8) is 0 Å². The van der Waals surface area contributed by atoms with Crippen molar-refractivity contribution in [2.24, 2.45) is 0 Å². The molecule has 0 saturated carbocycles. The summed E-state index contributed by atoms with van der Waals surface area (Å²) < 4.78 is 0. The van der Waals surface area contributed by atoms with Crippen LogP contribution in [-0.2, 0) is 4.79 Å². The quantitative estimate of drug-likeness (QED) is 0.558. The summed E-state index contributed by atoms with van der Waals surface area (Å²) >= 11 is 0. The number of fused-ring (bicyclic) bond motifs is 1. The smallest absolute Gasteiger partial charge is 0.248 e. The molecule has 2 radical (unpaired) electrons. The molecule has 0 bridgehead atoms. The lowest BCUT2D eigenvalue weighted by atomic mass is 9.95. The number of benzene rings is 2. The Morgan fingerprint density at radius 3 is 2.71 bits per heavy atom. The highest BCUT2D eigenvalue weighted by molar-refractivity contribution is 6.32. The molecule has 100 valence electrons. The molecule has 0 saturated heterocycles. The van der Waals surface area contributed by atoms with Crippen LogP contribution in [0.15, 0.2) is 60.8 Å². The largest absolute Gasteiger partial charge is 0.361 e. The number of hydrogen-bond acceptors (Lipinski definition) is 1. The van der Waals surface area contributed by atoms with Crippen LogP contribution in [0, 0.1) is 0 Å². The van der Waals surface area contributed by atoms with E-state index < -0.39 is 0 Å². The third-order valence-electron chi connectivity index (χ3n) is 3.18.